The second-order valence-electron chi connectivity index (χ2n) is 7.89. The van der Waals surface area contributed by atoms with Crippen LogP contribution in [0.2, 0.25) is 0 Å². The van der Waals surface area contributed by atoms with Crippen molar-refractivity contribution in [3.63, 3.8) is 0 Å². The van der Waals surface area contributed by atoms with E-state index in [0.29, 0.717) is 30.0 Å². The van der Waals surface area contributed by atoms with Gasteiger partial charge in [0.05, 0.1) is 14.2 Å². The summed E-state index contributed by atoms with van der Waals surface area (Å²) in [6.45, 7) is 1.98. The first-order valence-electron chi connectivity index (χ1n) is 10.8. The van der Waals surface area contributed by atoms with Crippen molar-refractivity contribution >= 4 is 16.7 Å². The van der Waals surface area contributed by atoms with Crippen molar-refractivity contribution in [2.24, 2.45) is 0 Å². The molecule has 0 bridgehead atoms. The van der Waals surface area contributed by atoms with Crippen molar-refractivity contribution < 1.29 is 23.8 Å². The van der Waals surface area contributed by atoms with Gasteiger partial charge < -0.3 is 29.3 Å². The Hall–Kier alpha value is -4.04. The quantitative estimate of drug-likeness (QED) is 0.323. The van der Waals surface area contributed by atoms with Crippen LogP contribution in [0.4, 0.5) is 0 Å². The van der Waals surface area contributed by atoms with Gasteiger partial charge in [-0.15, -0.1) is 0 Å². The zero-order valence-corrected chi connectivity index (χ0v) is 19.2. The van der Waals surface area contributed by atoms with Crippen molar-refractivity contribution in [1.29, 1.82) is 0 Å². The van der Waals surface area contributed by atoms with Crippen LogP contribution in [0.25, 0.3) is 10.9 Å². The number of Topliss-reactive ketones (excluding diaryl/α,β-unsaturated/α-hetero) is 1. The van der Waals surface area contributed by atoms with Gasteiger partial charge in [-0.3, -0.25) is 9.59 Å². The number of methoxy groups -OCH3 is 2. The van der Waals surface area contributed by atoms with Crippen molar-refractivity contribution in [1.82, 2.24) is 10.3 Å². The standard InChI is InChI=1S/C26H26N2O6/c1-15-12-22(29)25(31)26(34-15)23(24(30)16-4-6-18(32-2)7-5-16)27-11-10-17-14-28-21-9-8-19(33-3)13-20(17)21/h4-9,12-14,23,27-28,31H,10-11H2,1-3H3. The second kappa shape index (κ2) is 9.84. The van der Waals surface area contributed by atoms with Gasteiger partial charge in [-0.05, 0) is 61.4 Å². The van der Waals surface area contributed by atoms with Gasteiger partial charge in [0, 0.05) is 35.3 Å². The smallest absolute Gasteiger partial charge is 0.227 e. The third kappa shape index (κ3) is 4.67. The lowest BCUT2D eigenvalue weighted by Crippen LogP contribution is -2.31. The van der Waals surface area contributed by atoms with Crippen molar-refractivity contribution in [3.8, 4) is 17.2 Å². The van der Waals surface area contributed by atoms with E-state index in [2.05, 4.69) is 10.3 Å². The zero-order valence-electron chi connectivity index (χ0n) is 19.2. The highest BCUT2D eigenvalue weighted by Crippen LogP contribution is 2.27. The molecule has 0 aliphatic carbocycles. The van der Waals surface area contributed by atoms with Crippen LogP contribution < -0.4 is 20.2 Å². The number of carbonyl (C=O) groups is 1. The molecule has 0 fully saturated rings. The number of aromatic nitrogens is 1. The Morgan fingerprint density at radius 2 is 1.79 bits per heavy atom. The Balaban J connectivity index is 1.62. The predicted molar refractivity (Wildman–Crippen MR) is 128 cm³/mol. The molecule has 176 valence electrons. The summed E-state index contributed by atoms with van der Waals surface area (Å²) < 4.78 is 16.1. The van der Waals surface area contributed by atoms with E-state index in [1.165, 1.54) is 6.07 Å². The Morgan fingerprint density at radius 3 is 2.50 bits per heavy atom. The van der Waals surface area contributed by atoms with Gasteiger partial charge in [-0.25, -0.2) is 0 Å². The molecule has 0 saturated carbocycles. The average molecular weight is 463 g/mol. The molecular weight excluding hydrogens is 436 g/mol. The van der Waals surface area contributed by atoms with E-state index in [1.54, 1.807) is 45.4 Å². The van der Waals surface area contributed by atoms with E-state index in [-0.39, 0.29) is 11.5 Å². The summed E-state index contributed by atoms with van der Waals surface area (Å²) in [5, 5.41) is 14.6. The first-order valence-corrected chi connectivity index (χ1v) is 10.8. The number of ketones is 1. The SMILES string of the molecule is COc1ccc(C(=O)C(NCCc2c[nH]c3ccc(OC)cc23)c2oc(C)cc(=O)c2O)cc1. The number of rotatable bonds is 9. The van der Waals surface area contributed by atoms with Gasteiger partial charge in [-0.2, -0.15) is 0 Å². The number of benzene rings is 2. The second-order valence-corrected chi connectivity index (χ2v) is 7.89. The molecule has 1 atom stereocenters. The Kier molecular flexibility index (Phi) is 6.70. The number of aryl methyl sites for hydroxylation is 1. The fraction of sp³-hybridized carbons (Fsp3) is 0.231. The average Bonchev–Trinajstić information content (AvgIpc) is 3.26. The number of aromatic hydroxyl groups is 1. The van der Waals surface area contributed by atoms with Crippen molar-refractivity contribution in [3.05, 3.63) is 87.6 Å². The maximum absolute atomic E-state index is 13.4. The van der Waals surface area contributed by atoms with Crippen LogP contribution in [0.15, 0.2) is 63.9 Å². The van der Waals surface area contributed by atoms with Crippen LogP contribution in [-0.4, -0.2) is 36.6 Å². The number of ether oxygens (including phenoxy) is 2. The van der Waals surface area contributed by atoms with E-state index in [4.69, 9.17) is 13.9 Å². The third-order valence-corrected chi connectivity index (χ3v) is 5.69. The molecule has 0 radical (unpaired) electrons. The summed E-state index contributed by atoms with van der Waals surface area (Å²) in [4.78, 5) is 28.8. The monoisotopic (exact) mass is 462 g/mol. The minimum atomic E-state index is -1.05. The van der Waals surface area contributed by atoms with E-state index >= 15 is 0 Å². The summed E-state index contributed by atoms with van der Waals surface area (Å²) in [6.07, 6.45) is 2.49. The molecule has 1 unspecified atom stereocenters. The number of H-pyrrole nitrogens is 1. The molecule has 0 aliphatic heterocycles. The van der Waals surface area contributed by atoms with Gasteiger partial charge in [0.1, 0.15) is 23.3 Å². The van der Waals surface area contributed by atoms with Crippen LogP contribution in [0, 0.1) is 6.92 Å². The van der Waals surface area contributed by atoms with Gasteiger partial charge >= 0.3 is 0 Å². The lowest BCUT2D eigenvalue weighted by atomic mass is 10.0. The number of carbonyl (C=O) groups excluding carboxylic acids is 1. The topological polar surface area (TPSA) is 114 Å². The number of fused-ring (bicyclic) bond motifs is 1. The molecule has 0 spiro atoms. The molecule has 8 heteroatoms. The predicted octanol–water partition coefficient (Wildman–Crippen LogP) is 3.91. The lowest BCUT2D eigenvalue weighted by molar-refractivity contribution is 0.0926. The number of aromatic amines is 1. The molecule has 3 N–H and O–H groups in total. The van der Waals surface area contributed by atoms with Crippen LogP contribution in [-0.2, 0) is 6.42 Å². The highest BCUT2D eigenvalue weighted by Gasteiger charge is 2.28. The summed E-state index contributed by atoms with van der Waals surface area (Å²) in [5.41, 5.74) is 1.80. The largest absolute Gasteiger partial charge is 0.502 e. The summed E-state index contributed by atoms with van der Waals surface area (Å²) in [5.74, 6) is 0.637. The minimum Gasteiger partial charge on any atom is -0.502 e. The minimum absolute atomic E-state index is 0.105. The Bertz CT molecular complexity index is 1370. The first kappa shape index (κ1) is 23.1. The van der Waals surface area contributed by atoms with Crippen LogP contribution >= 0.6 is 0 Å². The normalized spacial score (nSPS) is 12.0. The molecule has 2 heterocycles. The fourth-order valence-corrected chi connectivity index (χ4v) is 3.89. The molecule has 34 heavy (non-hydrogen) atoms. The maximum atomic E-state index is 13.4. The molecule has 0 aliphatic rings. The lowest BCUT2D eigenvalue weighted by Gasteiger charge is -2.18. The zero-order chi connectivity index (χ0) is 24.2. The molecule has 4 rings (SSSR count). The van der Waals surface area contributed by atoms with E-state index in [9.17, 15) is 14.7 Å². The van der Waals surface area contributed by atoms with Gasteiger partial charge in [0.15, 0.2) is 11.5 Å². The van der Waals surface area contributed by atoms with Crippen molar-refractivity contribution in [2.75, 3.05) is 20.8 Å². The third-order valence-electron chi connectivity index (χ3n) is 5.69. The molecule has 4 aromatic rings. The highest BCUT2D eigenvalue weighted by atomic mass is 16.5. The van der Waals surface area contributed by atoms with Gasteiger partial charge in [0.25, 0.3) is 0 Å². The Labute approximate surface area is 196 Å². The fourth-order valence-electron chi connectivity index (χ4n) is 3.89. The molecule has 2 aromatic heterocycles. The molecule has 2 aromatic carbocycles. The summed E-state index contributed by atoms with van der Waals surface area (Å²) in [6, 6.07) is 12.5. The number of hydrogen-bond acceptors (Lipinski definition) is 7. The van der Waals surface area contributed by atoms with Crippen LogP contribution in [0.5, 0.6) is 17.2 Å². The number of hydrogen-bond donors (Lipinski definition) is 3. The van der Waals surface area contributed by atoms with Crippen LogP contribution in [0.1, 0.15) is 33.5 Å². The summed E-state index contributed by atoms with van der Waals surface area (Å²) >= 11 is 0. The van der Waals surface area contributed by atoms with Gasteiger partial charge in [-0.1, -0.05) is 0 Å². The number of nitrogens with one attached hydrogen (secondary N) is 2. The molecular formula is C26H26N2O6. The Morgan fingerprint density at radius 1 is 1.09 bits per heavy atom. The van der Waals surface area contributed by atoms with Crippen molar-refractivity contribution in [2.45, 2.75) is 19.4 Å². The summed E-state index contributed by atoms with van der Waals surface area (Å²) in [7, 11) is 3.16. The van der Waals surface area contributed by atoms with E-state index in [1.807, 2.05) is 24.4 Å². The molecule has 0 saturated heterocycles. The van der Waals surface area contributed by atoms with Gasteiger partial charge in [0.2, 0.25) is 11.2 Å². The van der Waals surface area contributed by atoms with E-state index < -0.39 is 17.2 Å². The highest BCUT2D eigenvalue weighted by molar-refractivity contribution is 6.00. The van der Waals surface area contributed by atoms with E-state index in [0.717, 1.165) is 22.2 Å². The van der Waals surface area contributed by atoms with Crippen LogP contribution in [0.3, 0.4) is 0 Å². The first-order chi connectivity index (χ1) is 16.4. The molecule has 8 nitrogen and oxygen atoms in total. The molecule has 0 amide bonds. The maximum Gasteiger partial charge on any atom is 0.227 e.